The van der Waals surface area contributed by atoms with E-state index in [0.29, 0.717) is 5.92 Å². The standard InChI is InChI=1S/C27H53O3Si2.3C4H9.Sn/c1-16-24(30-32(14,15)27(8,9)10)23(4)25(28-11)22(3)19-17-18-21(2)20-29-31(12,13)26(5,6)7;3*1-3-4-2;/h1,16-19,21,23-25H,20H2,2-15H3;3*1,3-4H2,2H3;/b16-1?,18-17+,22-19+;;;;/t21-,23-,24+,25+;;;;/m0..../s1. The van der Waals surface area contributed by atoms with E-state index in [-0.39, 0.29) is 28.2 Å². The van der Waals surface area contributed by atoms with Crippen molar-refractivity contribution in [1.82, 2.24) is 0 Å². The van der Waals surface area contributed by atoms with Crippen LogP contribution in [0.4, 0.5) is 0 Å². The summed E-state index contributed by atoms with van der Waals surface area (Å²) >= 11 is -2.47. The molecule has 0 aromatic carbocycles. The molecule has 0 N–H and O–H groups in total. The Hall–Kier alpha value is 0.332. The molecule has 45 heavy (non-hydrogen) atoms. The topological polar surface area (TPSA) is 27.7 Å². The summed E-state index contributed by atoms with van der Waals surface area (Å²) in [5.74, 6) is 0.589. The predicted octanol–water partition coefficient (Wildman–Crippen LogP) is 13.1. The summed E-state index contributed by atoms with van der Waals surface area (Å²) in [6.45, 7) is 38.2. The monoisotopic (exact) mass is 772 g/mol. The molecule has 3 nitrogen and oxygen atoms in total. The molecule has 0 aromatic heterocycles. The third kappa shape index (κ3) is 16.1. The van der Waals surface area contributed by atoms with Gasteiger partial charge in [0.25, 0.3) is 0 Å². The number of allylic oxidation sites excluding steroid dienone is 2. The molecule has 0 unspecified atom stereocenters. The molecule has 0 spiro atoms. The molecule has 4 atom stereocenters. The quantitative estimate of drug-likeness (QED) is 0.0810. The summed E-state index contributed by atoms with van der Waals surface area (Å²) in [6.07, 6.45) is 17.4. The molecule has 0 aliphatic rings. The number of ether oxygens (including phenoxy) is 1. The van der Waals surface area contributed by atoms with Crippen molar-refractivity contribution in [3.8, 4) is 0 Å². The fraction of sp³-hybridized carbons (Fsp3) is 0.846. The van der Waals surface area contributed by atoms with Crippen molar-refractivity contribution in [2.75, 3.05) is 13.7 Å². The Balaban J connectivity index is 6.34. The summed E-state index contributed by atoms with van der Waals surface area (Å²) in [5, 5.41) is 0.391. The number of rotatable bonds is 22. The zero-order valence-electron chi connectivity index (χ0n) is 33.5. The van der Waals surface area contributed by atoms with Gasteiger partial charge >= 0.3 is 244 Å². The van der Waals surface area contributed by atoms with E-state index in [1.165, 1.54) is 57.4 Å². The van der Waals surface area contributed by atoms with Gasteiger partial charge in [0.1, 0.15) is 0 Å². The van der Waals surface area contributed by atoms with Gasteiger partial charge in [-0.2, -0.15) is 0 Å². The summed E-state index contributed by atoms with van der Waals surface area (Å²) in [6, 6.07) is 0. The number of unbranched alkanes of at least 4 members (excludes halogenated alkanes) is 3. The molecule has 6 heteroatoms. The van der Waals surface area contributed by atoms with Crippen molar-refractivity contribution in [2.45, 2.75) is 183 Å². The van der Waals surface area contributed by atoms with Crippen LogP contribution in [0.15, 0.2) is 34.0 Å². The normalized spacial score (nSPS) is 17.3. The van der Waals surface area contributed by atoms with Crippen LogP contribution >= 0.6 is 0 Å². The van der Waals surface area contributed by atoms with Crippen LogP contribution in [0.1, 0.15) is 122 Å². The molecule has 0 fully saturated rings. The van der Waals surface area contributed by atoms with Crippen molar-refractivity contribution in [3.63, 3.8) is 0 Å². The van der Waals surface area contributed by atoms with Gasteiger partial charge in [0.2, 0.25) is 0 Å². The minimum absolute atomic E-state index is 0.000573. The number of hydrogen-bond acceptors (Lipinski definition) is 3. The van der Waals surface area contributed by atoms with Crippen LogP contribution in [-0.2, 0) is 13.6 Å². The fourth-order valence-corrected chi connectivity index (χ4v) is 22.2. The first-order chi connectivity index (χ1) is 20.6. The Morgan fingerprint density at radius 2 is 1.22 bits per heavy atom. The van der Waals surface area contributed by atoms with Gasteiger partial charge in [0, 0.05) is 0 Å². The van der Waals surface area contributed by atoms with Crippen LogP contribution in [0, 0.1) is 11.8 Å². The van der Waals surface area contributed by atoms with E-state index < -0.39 is 35.0 Å². The molecule has 0 aliphatic carbocycles. The average molecular weight is 772 g/mol. The van der Waals surface area contributed by atoms with Gasteiger partial charge in [0.15, 0.2) is 8.32 Å². The van der Waals surface area contributed by atoms with E-state index in [2.05, 4.69) is 138 Å². The van der Waals surface area contributed by atoms with E-state index in [0.717, 1.165) is 6.61 Å². The van der Waals surface area contributed by atoms with Crippen LogP contribution in [-0.4, -0.2) is 60.9 Å². The molecule has 0 saturated carbocycles. The summed E-state index contributed by atoms with van der Waals surface area (Å²) < 4.78 is 27.3. The first-order valence-corrected chi connectivity index (χ1v) is 32.0. The second-order valence-corrected chi connectivity index (χ2v) is 39.8. The molecule has 0 bridgehead atoms. The van der Waals surface area contributed by atoms with Crippen molar-refractivity contribution >= 4 is 35.0 Å². The molecular weight excluding hydrogens is 691 g/mol. The van der Waals surface area contributed by atoms with E-state index in [4.69, 9.17) is 13.6 Å². The van der Waals surface area contributed by atoms with E-state index in [1.807, 2.05) is 7.11 Å². The van der Waals surface area contributed by atoms with Crippen molar-refractivity contribution in [2.24, 2.45) is 11.8 Å². The van der Waals surface area contributed by atoms with Crippen LogP contribution in [0.3, 0.4) is 0 Å². The van der Waals surface area contributed by atoms with Crippen LogP contribution in [0.2, 0.25) is 49.6 Å². The third-order valence-electron chi connectivity index (χ3n) is 11.0. The van der Waals surface area contributed by atoms with Crippen LogP contribution in [0.5, 0.6) is 0 Å². The first-order valence-electron chi connectivity index (χ1n) is 18.5. The summed E-state index contributed by atoms with van der Waals surface area (Å²) in [7, 11) is -1.87. The molecule has 0 aromatic rings. The average Bonchev–Trinajstić information content (AvgIpc) is 2.93. The molecule has 0 aliphatic heterocycles. The van der Waals surface area contributed by atoms with E-state index in [1.54, 1.807) is 0 Å². The fourth-order valence-electron chi connectivity index (χ4n) is 5.44. The Kier molecular flexibility index (Phi) is 20.9. The van der Waals surface area contributed by atoms with E-state index in [9.17, 15) is 0 Å². The summed E-state index contributed by atoms with van der Waals surface area (Å²) in [5.41, 5.74) is 1.26. The van der Waals surface area contributed by atoms with Gasteiger partial charge in [0.05, 0.1) is 0 Å². The van der Waals surface area contributed by atoms with Gasteiger partial charge in [-0.1, -0.05) is 20.8 Å². The first kappa shape index (κ1) is 45.3. The number of hydrogen-bond donors (Lipinski definition) is 0. The maximum absolute atomic E-state index is 7.29. The van der Waals surface area contributed by atoms with Crippen LogP contribution < -0.4 is 0 Å². The minimum atomic E-state index is -2.47. The van der Waals surface area contributed by atoms with Gasteiger partial charge in [-0.25, -0.2) is 0 Å². The Morgan fingerprint density at radius 1 is 0.756 bits per heavy atom. The Labute approximate surface area is 290 Å². The Morgan fingerprint density at radius 3 is 1.62 bits per heavy atom. The van der Waals surface area contributed by atoms with Gasteiger partial charge in [-0.05, 0) is 18.1 Å². The predicted molar refractivity (Wildman–Crippen MR) is 211 cm³/mol. The number of methoxy groups -OCH3 is 1. The molecule has 0 saturated heterocycles. The summed E-state index contributed by atoms with van der Waals surface area (Å²) in [4.78, 5) is 0. The van der Waals surface area contributed by atoms with Crippen molar-refractivity contribution < 1.29 is 13.6 Å². The van der Waals surface area contributed by atoms with Gasteiger partial charge in [-0.15, -0.1) is 0 Å². The molecular formula is C39H80O3Si2Sn. The molecule has 266 valence electrons. The Bertz CT molecular complexity index is 873. The maximum atomic E-state index is 7.29. The molecule has 0 radical (unpaired) electrons. The second-order valence-electron chi connectivity index (χ2n) is 17.2. The third-order valence-corrected chi connectivity index (χ3v) is 34.1. The SMILES string of the molecule is CCC[CH2][Sn](/[CH]=C/[C@@H](O[Si](C)(C)C(C)(C)C)[C@H](C)[C@H](OC)/C(C)=C/C=C/[C@H](C)CO[Si](C)(C)C(C)(C)C)([CH2]CCC)[CH2]CCC. The van der Waals surface area contributed by atoms with Crippen LogP contribution in [0.25, 0.3) is 0 Å². The van der Waals surface area contributed by atoms with Crippen molar-refractivity contribution in [1.29, 1.82) is 0 Å². The van der Waals surface area contributed by atoms with Gasteiger partial charge < -0.3 is 0 Å². The zero-order valence-corrected chi connectivity index (χ0v) is 38.3. The van der Waals surface area contributed by atoms with E-state index >= 15 is 0 Å². The second kappa shape index (κ2) is 20.8. The zero-order chi connectivity index (χ0) is 35.1. The van der Waals surface area contributed by atoms with Gasteiger partial charge in [-0.3, -0.25) is 0 Å². The molecule has 0 heterocycles. The molecule has 0 rings (SSSR count). The molecule has 0 amide bonds. The van der Waals surface area contributed by atoms with Crippen molar-refractivity contribution in [3.05, 3.63) is 34.0 Å².